The van der Waals surface area contributed by atoms with Crippen LogP contribution in [0.4, 0.5) is 4.39 Å². The Labute approximate surface area is 118 Å². The van der Waals surface area contributed by atoms with Crippen molar-refractivity contribution in [1.29, 1.82) is 0 Å². The van der Waals surface area contributed by atoms with Crippen LogP contribution in [0.1, 0.15) is 18.0 Å². The smallest absolute Gasteiger partial charge is 0.217 e. The maximum absolute atomic E-state index is 13.3. The molecule has 0 aromatic heterocycles. The van der Waals surface area contributed by atoms with Crippen LogP contribution >= 0.6 is 0 Å². The summed E-state index contributed by atoms with van der Waals surface area (Å²) in [5, 5.41) is 9.76. The Morgan fingerprint density at radius 3 is 2.90 bits per heavy atom. The Balaban J connectivity index is 2.27. The molecule has 0 radical (unpaired) electrons. The normalized spacial score (nSPS) is 24.1. The van der Waals surface area contributed by atoms with Gasteiger partial charge in [0.1, 0.15) is 5.82 Å². The molecule has 1 aromatic carbocycles. The number of ether oxygens (including phenoxy) is 1. The number of aliphatic hydroxyl groups excluding tert-OH is 1. The summed E-state index contributed by atoms with van der Waals surface area (Å²) >= 11 is 0. The van der Waals surface area contributed by atoms with Crippen LogP contribution in [-0.4, -0.2) is 49.9 Å². The van der Waals surface area contributed by atoms with Crippen molar-refractivity contribution in [2.24, 2.45) is 0 Å². The van der Waals surface area contributed by atoms with E-state index in [0.29, 0.717) is 5.56 Å². The Hall–Kier alpha value is -1.02. The Kier molecular flexibility index (Phi) is 4.74. The highest BCUT2D eigenvalue weighted by atomic mass is 32.2. The Morgan fingerprint density at radius 2 is 2.25 bits per heavy atom. The van der Waals surface area contributed by atoms with Gasteiger partial charge >= 0.3 is 0 Å². The number of aliphatic hydroxyl groups is 1. The molecule has 0 bridgehead atoms. The number of sulfonamides is 1. The molecule has 112 valence electrons. The molecular formula is C13H18FNO4S. The Morgan fingerprint density at radius 1 is 1.50 bits per heavy atom. The van der Waals surface area contributed by atoms with Crippen LogP contribution in [0.5, 0.6) is 0 Å². The molecule has 20 heavy (non-hydrogen) atoms. The Bertz CT molecular complexity index is 563. The molecule has 1 N–H and O–H groups in total. The largest absolute Gasteiger partial charge is 0.392 e. The molecule has 2 atom stereocenters. The second-order valence-corrected chi connectivity index (χ2v) is 6.88. The molecule has 7 heteroatoms. The van der Waals surface area contributed by atoms with Gasteiger partial charge in [-0.1, -0.05) is 12.1 Å². The molecular weight excluding hydrogens is 285 g/mol. The monoisotopic (exact) mass is 303 g/mol. The number of methoxy groups -OCH3 is 1. The molecule has 1 aliphatic rings. The van der Waals surface area contributed by atoms with Crippen LogP contribution < -0.4 is 0 Å². The first-order chi connectivity index (χ1) is 9.44. The van der Waals surface area contributed by atoms with E-state index in [-0.39, 0.29) is 25.3 Å². The molecule has 0 aliphatic carbocycles. The summed E-state index contributed by atoms with van der Waals surface area (Å²) in [6.07, 6.45) is -0.462. The van der Waals surface area contributed by atoms with Crippen molar-refractivity contribution in [2.75, 3.05) is 26.0 Å². The molecule has 2 rings (SSSR count). The summed E-state index contributed by atoms with van der Waals surface area (Å²) in [4.78, 5) is 0. The second kappa shape index (κ2) is 6.17. The zero-order valence-corrected chi connectivity index (χ0v) is 12.0. The van der Waals surface area contributed by atoms with E-state index in [2.05, 4.69) is 0 Å². The van der Waals surface area contributed by atoms with Gasteiger partial charge < -0.3 is 9.84 Å². The molecule has 0 amide bonds. The molecule has 2 unspecified atom stereocenters. The zero-order valence-electron chi connectivity index (χ0n) is 11.2. The highest BCUT2D eigenvalue weighted by Crippen LogP contribution is 2.34. The summed E-state index contributed by atoms with van der Waals surface area (Å²) in [6.45, 7) is 0.123. The van der Waals surface area contributed by atoms with Crippen molar-refractivity contribution in [3.8, 4) is 0 Å². The van der Waals surface area contributed by atoms with E-state index in [0.717, 1.165) is 0 Å². The van der Waals surface area contributed by atoms with Crippen molar-refractivity contribution < 1.29 is 22.7 Å². The van der Waals surface area contributed by atoms with E-state index in [4.69, 9.17) is 4.74 Å². The fraction of sp³-hybridized carbons (Fsp3) is 0.538. The average molecular weight is 303 g/mol. The summed E-state index contributed by atoms with van der Waals surface area (Å²) < 4.78 is 43.8. The summed E-state index contributed by atoms with van der Waals surface area (Å²) in [5.41, 5.74) is 0.558. The fourth-order valence-corrected chi connectivity index (χ4v) is 4.02. The predicted octanol–water partition coefficient (Wildman–Crippen LogP) is 0.910. The quantitative estimate of drug-likeness (QED) is 0.878. The van der Waals surface area contributed by atoms with E-state index < -0.39 is 28.0 Å². The van der Waals surface area contributed by atoms with Gasteiger partial charge in [-0.25, -0.2) is 12.8 Å². The minimum atomic E-state index is -3.54. The van der Waals surface area contributed by atoms with Crippen LogP contribution in [0, 0.1) is 5.82 Å². The molecule has 0 saturated carbocycles. The van der Waals surface area contributed by atoms with Crippen molar-refractivity contribution in [3.63, 3.8) is 0 Å². The van der Waals surface area contributed by atoms with Gasteiger partial charge in [0.05, 0.1) is 24.5 Å². The van der Waals surface area contributed by atoms with E-state index in [1.165, 1.54) is 29.6 Å². The maximum Gasteiger partial charge on any atom is 0.217 e. The maximum atomic E-state index is 13.3. The third-order valence-electron chi connectivity index (χ3n) is 3.37. The third kappa shape index (κ3) is 3.35. The molecule has 5 nitrogen and oxygen atoms in total. The third-order valence-corrected chi connectivity index (χ3v) is 5.17. The summed E-state index contributed by atoms with van der Waals surface area (Å²) in [6, 6.07) is 5.29. The fourth-order valence-electron chi connectivity index (χ4n) is 2.41. The lowest BCUT2D eigenvalue weighted by atomic mass is 10.0. The second-order valence-electron chi connectivity index (χ2n) is 4.84. The van der Waals surface area contributed by atoms with Gasteiger partial charge in [0.25, 0.3) is 0 Å². The average Bonchev–Trinajstić information content (AvgIpc) is 2.79. The van der Waals surface area contributed by atoms with Gasteiger partial charge in [0.15, 0.2) is 0 Å². The highest BCUT2D eigenvalue weighted by molar-refractivity contribution is 7.89. The predicted molar refractivity (Wildman–Crippen MR) is 72.1 cm³/mol. The number of rotatable bonds is 5. The standard InChI is InChI=1S/C13H18FNO4S/c1-19-5-6-20(17,18)15-9-12(16)8-13(15)10-3-2-4-11(14)7-10/h2-4,7,12-13,16H,5-6,8-9H2,1H3. The number of benzene rings is 1. The molecule has 1 saturated heterocycles. The van der Waals surface area contributed by atoms with Crippen molar-refractivity contribution in [1.82, 2.24) is 4.31 Å². The van der Waals surface area contributed by atoms with E-state index in [9.17, 15) is 17.9 Å². The topological polar surface area (TPSA) is 66.8 Å². The van der Waals surface area contributed by atoms with Crippen LogP contribution in [-0.2, 0) is 14.8 Å². The number of halogens is 1. The van der Waals surface area contributed by atoms with Gasteiger partial charge in [0, 0.05) is 13.7 Å². The van der Waals surface area contributed by atoms with Crippen LogP contribution in [0.25, 0.3) is 0 Å². The van der Waals surface area contributed by atoms with Gasteiger partial charge in [0.2, 0.25) is 10.0 Å². The van der Waals surface area contributed by atoms with E-state index >= 15 is 0 Å². The first-order valence-electron chi connectivity index (χ1n) is 6.36. The van der Waals surface area contributed by atoms with Crippen molar-refractivity contribution in [3.05, 3.63) is 35.6 Å². The lowest BCUT2D eigenvalue weighted by molar-refractivity contribution is 0.188. The number of hydrogen-bond donors (Lipinski definition) is 1. The van der Waals surface area contributed by atoms with E-state index in [1.807, 2.05) is 0 Å². The molecule has 1 heterocycles. The summed E-state index contributed by atoms with van der Waals surface area (Å²) in [5.74, 6) is -0.569. The van der Waals surface area contributed by atoms with Gasteiger partial charge in [-0.15, -0.1) is 0 Å². The molecule has 1 fully saturated rings. The minimum absolute atomic E-state index is 0.0349. The van der Waals surface area contributed by atoms with Gasteiger partial charge in [-0.3, -0.25) is 0 Å². The van der Waals surface area contributed by atoms with Crippen LogP contribution in [0.15, 0.2) is 24.3 Å². The van der Waals surface area contributed by atoms with Gasteiger partial charge in [-0.2, -0.15) is 4.31 Å². The van der Waals surface area contributed by atoms with Crippen molar-refractivity contribution >= 4 is 10.0 Å². The van der Waals surface area contributed by atoms with Crippen molar-refractivity contribution in [2.45, 2.75) is 18.6 Å². The first-order valence-corrected chi connectivity index (χ1v) is 7.97. The van der Waals surface area contributed by atoms with Crippen LogP contribution in [0.3, 0.4) is 0 Å². The number of β-amino-alcohol motifs (C(OH)–C–C–N with tert-alkyl or cyclic N) is 1. The number of nitrogens with zero attached hydrogens (tertiary/aromatic N) is 1. The number of hydrogen-bond acceptors (Lipinski definition) is 4. The highest BCUT2D eigenvalue weighted by Gasteiger charge is 2.39. The van der Waals surface area contributed by atoms with E-state index in [1.54, 1.807) is 6.07 Å². The van der Waals surface area contributed by atoms with Crippen LogP contribution in [0.2, 0.25) is 0 Å². The SMILES string of the molecule is COCCS(=O)(=O)N1CC(O)CC1c1cccc(F)c1. The van der Waals surface area contributed by atoms with Gasteiger partial charge in [-0.05, 0) is 24.1 Å². The zero-order chi connectivity index (χ0) is 14.8. The molecule has 1 aromatic rings. The first kappa shape index (κ1) is 15.4. The summed E-state index contributed by atoms with van der Waals surface area (Å²) in [7, 11) is -2.11. The molecule has 1 aliphatic heterocycles. The lowest BCUT2D eigenvalue weighted by Gasteiger charge is -2.24. The lowest BCUT2D eigenvalue weighted by Crippen LogP contribution is -2.34. The minimum Gasteiger partial charge on any atom is -0.392 e. The molecule has 0 spiro atoms.